The van der Waals surface area contributed by atoms with Crippen molar-refractivity contribution in [1.82, 2.24) is 0 Å². The number of hydrogen-bond acceptors (Lipinski definition) is 5. The predicted molar refractivity (Wildman–Crippen MR) is 60.2 cm³/mol. The van der Waals surface area contributed by atoms with E-state index in [1.54, 1.807) is 0 Å². The van der Waals surface area contributed by atoms with Crippen LogP contribution in [0.5, 0.6) is 5.75 Å². The van der Waals surface area contributed by atoms with Crippen molar-refractivity contribution < 1.29 is 27.9 Å². The summed E-state index contributed by atoms with van der Waals surface area (Å²) in [5.41, 5.74) is -0.567. The fourth-order valence-electron chi connectivity index (χ4n) is 1.27. The molecular weight excluding hydrogens is 269 g/mol. The first-order valence-electron chi connectivity index (χ1n) is 5.06. The molecule has 1 aromatic carbocycles. The van der Waals surface area contributed by atoms with E-state index in [4.69, 9.17) is 9.84 Å². The molecule has 2 N–H and O–H groups in total. The first-order chi connectivity index (χ1) is 8.75. The van der Waals surface area contributed by atoms with Crippen molar-refractivity contribution >= 4 is 11.4 Å². The summed E-state index contributed by atoms with van der Waals surface area (Å²) in [6.45, 7) is -0.891. The van der Waals surface area contributed by atoms with Gasteiger partial charge in [-0.3, -0.25) is 10.1 Å². The van der Waals surface area contributed by atoms with Crippen LogP contribution in [0, 0.1) is 10.1 Å². The lowest BCUT2D eigenvalue weighted by Gasteiger charge is -2.16. The average Bonchev–Trinajstić information content (AvgIpc) is 2.33. The van der Waals surface area contributed by atoms with Crippen molar-refractivity contribution in [3.05, 3.63) is 28.3 Å². The van der Waals surface area contributed by atoms with E-state index in [1.165, 1.54) is 19.2 Å². The number of benzene rings is 1. The first-order valence-corrected chi connectivity index (χ1v) is 5.06. The topological polar surface area (TPSA) is 84.6 Å². The van der Waals surface area contributed by atoms with E-state index >= 15 is 0 Å². The minimum absolute atomic E-state index is 0.160. The number of nitrogens with one attached hydrogen (secondary N) is 1. The van der Waals surface area contributed by atoms with Gasteiger partial charge in [0.15, 0.2) is 6.10 Å². The second-order valence-corrected chi connectivity index (χ2v) is 3.58. The summed E-state index contributed by atoms with van der Waals surface area (Å²) in [7, 11) is 1.31. The standard InChI is InChI=1S/C10H11F3N2O4/c1-19-6-2-3-8(15(17)18)7(4-6)14-5-9(16)10(11,12)13/h2-4,9,14,16H,5H2,1H3. The van der Waals surface area contributed by atoms with Gasteiger partial charge in [0.1, 0.15) is 11.4 Å². The normalized spacial score (nSPS) is 12.9. The number of rotatable bonds is 5. The number of nitro benzene ring substituents is 1. The van der Waals surface area contributed by atoms with Gasteiger partial charge in [-0.25, -0.2) is 0 Å². The third-order valence-electron chi connectivity index (χ3n) is 2.26. The Balaban J connectivity index is 2.89. The van der Waals surface area contributed by atoms with Gasteiger partial charge in [0.05, 0.1) is 12.0 Å². The zero-order chi connectivity index (χ0) is 14.6. The van der Waals surface area contributed by atoms with Crippen LogP contribution in [0.25, 0.3) is 0 Å². The van der Waals surface area contributed by atoms with Gasteiger partial charge in [0.2, 0.25) is 0 Å². The molecule has 0 aromatic heterocycles. The lowest BCUT2D eigenvalue weighted by atomic mass is 10.2. The second-order valence-electron chi connectivity index (χ2n) is 3.58. The number of nitro groups is 1. The molecule has 1 aromatic rings. The smallest absolute Gasteiger partial charge is 0.416 e. The Hall–Kier alpha value is -2.03. The largest absolute Gasteiger partial charge is 0.497 e. The SMILES string of the molecule is COc1ccc([N+](=O)[O-])c(NCC(O)C(F)(F)F)c1. The summed E-state index contributed by atoms with van der Waals surface area (Å²) in [5, 5.41) is 21.7. The molecule has 6 nitrogen and oxygen atoms in total. The zero-order valence-electron chi connectivity index (χ0n) is 9.77. The number of aliphatic hydroxyl groups is 1. The summed E-state index contributed by atoms with van der Waals surface area (Å²) < 4.78 is 41.1. The molecule has 0 aliphatic heterocycles. The van der Waals surface area contributed by atoms with Crippen LogP contribution < -0.4 is 10.1 Å². The molecule has 0 spiro atoms. The molecule has 0 aliphatic rings. The van der Waals surface area contributed by atoms with E-state index in [0.717, 1.165) is 6.07 Å². The average molecular weight is 280 g/mol. The molecule has 0 fully saturated rings. The van der Waals surface area contributed by atoms with Gasteiger partial charge in [-0.15, -0.1) is 0 Å². The number of anilines is 1. The van der Waals surface area contributed by atoms with Crippen LogP contribution in [-0.4, -0.2) is 36.0 Å². The van der Waals surface area contributed by atoms with Crippen molar-refractivity contribution in [2.45, 2.75) is 12.3 Å². The zero-order valence-corrected chi connectivity index (χ0v) is 9.77. The van der Waals surface area contributed by atoms with Gasteiger partial charge in [-0.05, 0) is 6.07 Å². The molecule has 0 saturated heterocycles. The molecule has 1 atom stereocenters. The van der Waals surface area contributed by atoms with Crippen molar-refractivity contribution in [3.8, 4) is 5.75 Å². The molecule has 9 heteroatoms. The van der Waals surface area contributed by atoms with Gasteiger partial charge in [0, 0.05) is 18.7 Å². The molecule has 19 heavy (non-hydrogen) atoms. The van der Waals surface area contributed by atoms with E-state index in [9.17, 15) is 23.3 Å². The number of ether oxygens (including phenoxy) is 1. The van der Waals surface area contributed by atoms with Crippen molar-refractivity contribution in [1.29, 1.82) is 0 Å². The molecular formula is C10H11F3N2O4. The minimum atomic E-state index is -4.79. The van der Waals surface area contributed by atoms with Crippen LogP contribution in [-0.2, 0) is 0 Å². The number of nitrogens with zero attached hydrogens (tertiary/aromatic N) is 1. The van der Waals surface area contributed by atoms with E-state index < -0.39 is 29.4 Å². The number of methoxy groups -OCH3 is 1. The highest BCUT2D eigenvalue weighted by Crippen LogP contribution is 2.29. The fourth-order valence-corrected chi connectivity index (χ4v) is 1.27. The molecule has 0 saturated carbocycles. The van der Waals surface area contributed by atoms with Crippen molar-refractivity contribution in [3.63, 3.8) is 0 Å². The number of alkyl halides is 3. The quantitative estimate of drug-likeness (QED) is 0.636. The van der Waals surface area contributed by atoms with Gasteiger partial charge in [0.25, 0.3) is 5.69 Å². The molecule has 106 valence electrons. The van der Waals surface area contributed by atoms with Crippen molar-refractivity contribution in [2.24, 2.45) is 0 Å². The summed E-state index contributed by atoms with van der Waals surface area (Å²) >= 11 is 0. The third-order valence-corrected chi connectivity index (χ3v) is 2.26. The number of halogens is 3. The Labute approximate surface area is 105 Å². The van der Waals surface area contributed by atoms with Crippen LogP contribution in [0.1, 0.15) is 0 Å². The summed E-state index contributed by atoms with van der Waals surface area (Å²) in [6.07, 6.45) is -7.40. The molecule has 0 amide bonds. The predicted octanol–water partition coefficient (Wildman–Crippen LogP) is 1.94. The van der Waals surface area contributed by atoms with E-state index in [0.29, 0.717) is 0 Å². The van der Waals surface area contributed by atoms with E-state index in [-0.39, 0.29) is 11.4 Å². The molecule has 0 heterocycles. The monoisotopic (exact) mass is 280 g/mol. The van der Waals surface area contributed by atoms with Gasteiger partial charge in [-0.2, -0.15) is 13.2 Å². The Morgan fingerprint density at radius 1 is 1.53 bits per heavy atom. The van der Waals surface area contributed by atoms with E-state index in [1.807, 2.05) is 0 Å². The third kappa shape index (κ3) is 3.98. The lowest BCUT2D eigenvalue weighted by Crippen LogP contribution is -2.35. The van der Waals surface area contributed by atoms with Crippen LogP contribution in [0.3, 0.4) is 0 Å². The van der Waals surface area contributed by atoms with Crippen LogP contribution >= 0.6 is 0 Å². The minimum Gasteiger partial charge on any atom is -0.497 e. The first kappa shape index (κ1) is 15.0. The van der Waals surface area contributed by atoms with Crippen molar-refractivity contribution in [2.75, 3.05) is 19.0 Å². The van der Waals surface area contributed by atoms with Crippen LogP contribution in [0.4, 0.5) is 24.5 Å². The maximum absolute atomic E-state index is 12.1. The van der Waals surface area contributed by atoms with E-state index in [2.05, 4.69) is 5.32 Å². The maximum Gasteiger partial charge on any atom is 0.416 e. The summed E-state index contributed by atoms with van der Waals surface area (Å²) in [4.78, 5) is 9.95. The van der Waals surface area contributed by atoms with Crippen LogP contribution in [0.15, 0.2) is 18.2 Å². The Bertz CT molecular complexity index is 465. The lowest BCUT2D eigenvalue weighted by molar-refractivity contribution is -0.384. The maximum atomic E-state index is 12.1. The molecule has 0 radical (unpaired) electrons. The highest BCUT2D eigenvalue weighted by molar-refractivity contribution is 5.64. The molecule has 1 rings (SSSR count). The van der Waals surface area contributed by atoms with Crippen LogP contribution in [0.2, 0.25) is 0 Å². The number of hydrogen-bond donors (Lipinski definition) is 2. The fraction of sp³-hybridized carbons (Fsp3) is 0.400. The summed E-state index contributed by atoms with van der Waals surface area (Å²) in [5.74, 6) is 0.245. The highest BCUT2D eigenvalue weighted by atomic mass is 19.4. The molecule has 0 aliphatic carbocycles. The Kier molecular flexibility index (Phi) is 4.54. The highest BCUT2D eigenvalue weighted by Gasteiger charge is 2.38. The molecule has 0 bridgehead atoms. The van der Waals surface area contributed by atoms with Gasteiger partial charge >= 0.3 is 6.18 Å². The Morgan fingerprint density at radius 2 is 2.16 bits per heavy atom. The Morgan fingerprint density at radius 3 is 2.63 bits per heavy atom. The summed E-state index contributed by atoms with van der Waals surface area (Å²) in [6, 6.07) is 3.59. The van der Waals surface area contributed by atoms with Gasteiger partial charge < -0.3 is 15.2 Å². The number of aliphatic hydroxyl groups excluding tert-OH is 1. The molecule has 1 unspecified atom stereocenters. The van der Waals surface area contributed by atoms with Gasteiger partial charge in [-0.1, -0.05) is 0 Å². The second kappa shape index (κ2) is 5.74.